The Labute approximate surface area is 359 Å². The van der Waals surface area contributed by atoms with Gasteiger partial charge in [-0.3, -0.25) is 0 Å². The third-order valence-electron chi connectivity index (χ3n) is 11.4. The summed E-state index contributed by atoms with van der Waals surface area (Å²) < 4.78 is 35.8. The molecule has 2 fully saturated rings. The summed E-state index contributed by atoms with van der Waals surface area (Å²) >= 11 is 0. The highest BCUT2D eigenvalue weighted by Crippen LogP contribution is 2.56. The van der Waals surface area contributed by atoms with Gasteiger partial charge >= 0.3 is 11.3 Å². The summed E-state index contributed by atoms with van der Waals surface area (Å²) in [7, 11) is 0. The fraction of sp³-hybridized carbons (Fsp3) is 0.357. The molecular weight excluding hydrogens is 856 g/mol. The van der Waals surface area contributed by atoms with Gasteiger partial charge in [-0.2, -0.15) is 0 Å². The Kier molecular flexibility index (Phi) is 11.9. The van der Waals surface area contributed by atoms with E-state index in [1.807, 2.05) is 0 Å². The van der Waals surface area contributed by atoms with Gasteiger partial charge in [0.1, 0.15) is 94.6 Å². The lowest BCUT2D eigenvalue weighted by Gasteiger charge is -2.40. The van der Waals surface area contributed by atoms with Gasteiger partial charge in [-0.05, 0) is 29.8 Å². The van der Waals surface area contributed by atoms with Gasteiger partial charge in [0.05, 0.1) is 24.7 Å². The lowest BCUT2D eigenvalue weighted by atomic mass is 9.78. The summed E-state index contributed by atoms with van der Waals surface area (Å²) in [5.41, 5.74) is -1.10. The summed E-state index contributed by atoms with van der Waals surface area (Å²) in [5, 5.41) is 171. The molecule has 4 heterocycles. The van der Waals surface area contributed by atoms with Crippen LogP contribution < -0.4 is 14.2 Å². The number of ether oxygens (including phenoxy) is 5. The van der Waals surface area contributed by atoms with E-state index in [1.54, 1.807) is 0 Å². The van der Waals surface area contributed by atoms with Crippen molar-refractivity contribution in [2.45, 2.75) is 79.5 Å². The predicted octanol–water partition coefficient (Wildman–Crippen LogP) is -0.696. The van der Waals surface area contributed by atoms with Crippen LogP contribution in [0.3, 0.4) is 0 Å². The molecule has 3 aliphatic rings. The van der Waals surface area contributed by atoms with Crippen molar-refractivity contribution in [2.24, 2.45) is 0 Å². The smallest absolute Gasteiger partial charge is 0.402 e. The first-order chi connectivity index (χ1) is 30.4. The fourth-order valence-electron chi connectivity index (χ4n) is 8.04. The maximum Gasteiger partial charge on any atom is 0.402 e. The Morgan fingerprint density at radius 2 is 1.08 bits per heavy atom. The number of hydrogen-bond donors (Lipinski definition) is 16. The van der Waals surface area contributed by atoms with E-state index in [4.69, 9.17) is 28.1 Å². The van der Waals surface area contributed by atoms with Crippen LogP contribution in [-0.4, -0.2) is 162 Å². The summed E-state index contributed by atoms with van der Waals surface area (Å²) in [6.45, 7) is -1.71. The van der Waals surface area contributed by atoms with Crippen molar-refractivity contribution in [3.63, 3.8) is 0 Å². The number of rotatable bonds is 9. The molecule has 8 rings (SSSR count). The Hall–Kier alpha value is -6.15. The highest BCUT2D eigenvalue weighted by atomic mass is 16.7. The van der Waals surface area contributed by atoms with Crippen LogP contribution in [-0.2, 0) is 9.47 Å². The van der Waals surface area contributed by atoms with Gasteiger partial charge < -0.3 is 105 Å². The Bertz CT molecular complexity index is 2550. The molecule has 13 atom stereocenters. The lowest BCUT2D eigenvalue weighted by molar-refractivity contribution is -0.277. The van der Waals surface area contributed by atoms with Gasteiger partial charge in [-0.15, -0.1) is 0 Å². The van der Waals surface area contributed by atoms with E-state index in [-0.39, 0.29) is 33.4 Å². The van der Waals surface area contributed by atoms with Crippen LogP contribution in [0.1, 0.15) is 28.7 Å². The van der Waals surface area contributed by atoms with Crippen molar-refractivity contribution in [1.82, 2.24) is 0 Å². The van der Waals surface area contributed by atoms with Crippen LogP contribution in [0.4, 0.5) is 0 Å². The molecule has 22 heteroatoms. The van der Waals surface area contributed by atoms with Crippen molar-refractivity contribution in [2.75, 3.05) is 13.2 Å². The molecule has 0 saturated carbocycles. The topological polar surface area (TPSA) is 381 Å². The molecule has 0 unspecified atom stereocenters. The van der Waals surface area contributed by atoms with Crippen LogP contribution in [0.25, 0.3) is 22.3 Å². The summed E-state index contributed by atoms with van der Waals surface area (Å²) in [6, 6.07) is 10.8. The molecule has 4 aromatic carbocycles. The number of fused-ring (bicyclic) bond motifs is 2. The molecule has 2 saturated heterocycles. The number of hydrogen-bond acceptors (Lipinski definition) is 21. The van der Waals surface area contributed by atoms with Gasteiger partial charge in [0.15, 0.2) is 29.1 Å². The van der Waals surface area contributed by atoms with Crippen molar-refractivity contribution >= 4 is 11.0 Å². The van der Waals surface area contributed by atoms with Gasteiger partial charge in [-0.1, -0.05) is 6.07 Å². The SMILES string of the molecule is OC[C@H]1O[C@@H](Oc2cc3c(O[C@@H]4O[C@H](CO)[C@@H](O)[C@H](O)[C@H]4O)cc(O)c([C@@H]4c5c(O)cc(O)cc5O[C@H](c5ccc(O)c(O)c5)[C@H]4O)c3[o+]c2-c2ccc(O)c(O)c2)[C@H](O)[C@@H](O)[C@@H]1O. The zero-order valence-corrected chi connectivity index (χ0v) is 32.8. The van der Waals surface area contributed by atoms with E-state index < -0.39 is 156 Å². The van der Waals surface area contributed by atoms with Gasteiger partial charge in [0.2, 0.25) is 18.3 Å². The minimum atomic E-state index is -2.01. The van der Waals surface area contributed by atoms with Crippen molar-refractivity contribution in [1.29, 1.82) is 0 Å². The minimum absolute atomic E-state index is 0.0556. The maximum absolute atomic E-state index is 12.3. The number of aromatic hydroxyl groups is 7. The number of aliphatic hydroxyl groups is 9. The zero-order valence-electron chi connectivity index (χ0n) is 32.8. The van der Waals surface area contributed by atoms with Gasteiger partial charge in [0.25, 0.3) is 0 Å². The maximum atomic E-state index is 12.3. The van der Waals surface area contributed by atoms with E-state index >= 15 is 0 Å². The molecule has 3 aliphatic heterocycles. The average molecular weight is 900 g/mol. The summed E-state index contributed by atoms with van der Waals surface area (Å²) in [4.78, 5) is 0. The molecule has 1 aromatic heterocycles. The minimum Gasteiger partial charge on any atom is -0.508 e. The third-order valence-corrected chi connectivity index (χ3v) is 11.4. The normalized spacial score (nSPS) is 30.4. The number of benzene rings is 4. The Morgan fingerprint density at radius 1 is 0.516 bits per heavy atom. The molecule has 5 aromatic rings. The molecule has 342 valence electrons. The Morgan fingerprint density at radius 3 is 1.66 bits per heavy atom. The number of phenols is 7. The Balaban J connectivity index is 1.40. The summed E-state index contributed by atoms with van der Waals surface area (Å²) in [6.07, 6.45) is -21.6. The van der Waals surface area contributed by atoms with Crippen LogP contribution in [0.2, 0.25) is 0 Å². The van der Waals surface area contributed by atoms with Crippen LogP contribution in [0.5, 0.6) is 57.5 Å². The molecule has 0 aliphatic carbocycles. The van der Waals surface area contributed by atoms with Gasteiger partial charge in [-0.25, -0.2) is 4.42 Å². The molecule has 0 radical (unpaired) electrons. The van der Waals surface area contributed by atoms with Crippen molar-refractivity contribution < 1.29 is 110 Å². The van der Waals surface area contributed by atoms with E-state index in [0.29, 0.717) is 0 Å². The molecule has 64 heavy (non-hydrogen) atoms. The molecule has 0 amide bonds. The highest BCUT2D eigenvalue weighted by molar-refractivity contribution is 5.93. The van der Waals surface area contributed by atoms with Crippen LogP contribution >= 0.6 is 0 Å². The third kappa shape index (κ3) is 7.69. The van der Waals surface area contributed by atoms with E-state index in [0.717, 1.165) is 48.5 Å². The van der Waals surface area contributed by atoms with Crippen LogP contribution in [0, 0.1) is 0 Å². The standard InChI is InChI=1S/C42H42O22/c43-11-26-31(52)34(55)36(57)41(62-26)60-23-10-22(51)29(30-28-21(50)7-15(45)8-24(28)59-39(33(30)54)14-2-4-18(47)20(49)6-14)40-16(23)9-25(38(64-40)13-1-3-17(46)19(48)5-13)61-42-37(58)35(56)32(53)27(12-44)63-42/h1-10,26-27,30-37,39,41-44,52-58H,11-12H2,(H6-,45,46,47,48,49,50,51)/p+1/t26-,27-,30+,31-,32-,33+,34+,35+,36-,37-,39-,41-,42-/m1/s1. The quantitative estimate of drug-likeness (QED) is 0.0642. The van der Waals surface area contributed by atoms with Crippen LogP contribution in [0.15, 0.2) is 65.1 Å². The molecular formula is C42H43O22+. The molecule has 0 spiro atoms. The van der Waals surface area contributed by atoms with Crippen molar-refractivity contribution in [3.05, 3.63) is 77.4 Å². The van der Waals surface area contributed by atoms with E-state index in [1.165, 1.54) is 12.1 Å². The average Bonchev–Trinajstić information content (AvgIpc) is 3.26. The lowest BCUT2D eigenvalue weighted by Crippen LogP contribution is -2.60. The second-order valence-electron chi connectivity index (χ2n) is 15.5. The summed E-state index contributed by atoms with van der Waals surface area (Å²) in [5.74, 6) is -7.56. The number of aliphatic hydroxyl groups excluding tert-OH is 9. The van der Waals surface area contributed by atoms with E-state index in [2.05, 4.69) is 0 Å². The monoisotopic (exact) mass is 899 g/mol. The zero-order chi connectivity index (χ0) is 46.0. The van der Waals surface area contributed by atoms with Gasteiger partial charge in [0, 0.05) is 35.9 Å². The molecule has 16 N–H and O–H groups in total. The first-order valence-electron chi connectivity index (χ1n) is 19.5. The van der Waals surface area contributed by atoms with E-state index in [9.17, 15) is 81.7 Å². The molecule has 22 nitrogen and oxygen atoms in total. The van der Waals surface area contributed by atoms with Crippen molar-refractivity contribution in [3.8, 4) is 68.8 Å². The number of phenolic OH excluding ortho intramolecular Hbond substituents is 7. The largest absolute Gasteiger partial charge is 0.508 e. The first-order valence-corrected chi connectivity index (χ1v) is 19.5. The fourth-order valence-corrected chi connectivity index (χ4v) is 8.04. The second-order valence-corrected chi connectivity index (χ2v) is 15.5. The second kappa shape index (κ2) is 17.1. The molecule has 0 bridgehead atoms. The predicted molar refractivity (Wildman–Crippen MR) is 211 cm³/mol. The first kappa shape index (κ1) is 44.5. The highest BCUT2D eigenvalue weighted by Gasteiger charge is 2.50.